The van der Waals surface area contributed by atoms with Gasteiger partial charge in [0.05, 0.1) is 18.2 Å². The van der Waals surface area contributed by atoms with Crippen molar-refractivity contribution >= 4 is 16.9 Å². The van der Waals surface area contributed by atoms with Gasteiger partial charge in [0.2, 0.25) is 0 Å². The molecule has 0 spiro atoms. The van der Waals surface area contributed by atoms with Crippen LogP contribution < -0.4 is 0 Å². The Morgan fingerprint density at radius 2 is 2.12 bits per heavy atom. The van der Waals surface area contributed by atoms with Gasteiger partial charge in [-0.15, -0.1) is 0 Å². The molecule has 0 aliphatic rings. The molecule has 0 bridgehead atoms. The molecule has 0 saturated carbocycles. The number of aromatic nitrogens is 1. The van der Waals surface area contributed by atoms with Crippen LogP contribution in [0.15, 0.2) is 18.2 Å². The first-order valence-electron chi connectivity index (χ1n) is 4.92. The highest BCUT2D eigenvalue weighted by Crippen LogP contribution is 2.28. The van der Waals surface area contributed by atoms with Gasteiger partial charge < -0.3 is 14.4 Å². The summed E-state index contributed by atoms with van der Waals surface area (Å²) in [6.07, 6.45) is 0. The number of methoxy groups -OCH3 is 1. The number of fused-ring (bicyclic) bond motifs is 1. The Labute approximate surface area is 93.1 Å². The molecule has 0 atom stereocenters. The normalized spacial score (nSPS) is 10.7. The average molecular weight is 219 g/mol. The summed E-state index contributed by atoms with van der Waals surface area (Å²) in [6.45, 7) is 1.85. The molecule has 0 aliphatic heterocycles. The molecule has 1 aromatic heterocycles. The molecule has 1 aromatic carbocycles. The van der Waals surface area contributed by atoms with Gasteiger partial charge in [0.1, 0.15) is 5.75 Å². The van der Waals surface area contributed by atoms with Gasteiger partial charge in [0.25, 0.3) is 0 Å². The van der Waals surface area contributed by atoms with Crippen LogP contribution >= 0.6 is 0 Å². The number of esters is 1. The zero-order valence-electron chi connectivity index (χ0n) is 9.44. The number of hydrogen-bond acceptors (Lipinski definition) is 3. The number of carbonyl (C=O) groups is 1. The number of phenolic OH excluding ortho intramolecular Hbond substituents is 1. The molecule has 1 heterocycles. The van der Waals surface area contributed by atoms with Crippen molar-refractivity contribution in [1.82, 2.24) is 4.57 Å². The summed E-state index contributed by atoms with van der Waals surface area (Å²) in [5.41, 5.74) is 2.20. The number of phenols is 1. The monoisotopic (exact) mass is 219 g/mol. The Morgan fingerprint density at radius 1 is 1.44 bits per heavy atom. The number of ether oxygens (including phenoxy) is 1. The molecule has 4 nitrogen and oxygen atoms in total. The third-order valence-corrected chi connectivity index (χ3v) is 2.87. The summed E-state index contributed by atoms with van der Waals surface area (Å²) in [5, 5.41) is 10.2. The van der Waals surface area contributed by atoms with Crippen LogP contribution in [-0.4, -0.2) is 22.8 Å². The second-order valence-corrected chi connectivity index (χ2v) is 3.71. The minimum absolute atomic E-state index is 0.185. The lowest BCUT2D eigenvalue weighted by Crippen LogP contribution is -2.03. The number of carbonyl (C=O) groups excluding carboxylic acids is 1. The number of aromatic hydroxyl groups is 1. The molecule has 0 fully saturated rings. The SMILES string of the molecule is COC(=O)c1c(C)n(C)c2cc(O)ccc12. The molecule has 0 aliphatic carbocycles. The second kappa shape index (κ2) is 3.56. The quantitative estimate of drug-likeness (QED) is 0.746. The van der Waals surface area contributed by atoms with E-state index >= 15 is 0 Å². The fourth-order valence-electron chi connectivity index (χ4n) is 1.91. The maximum atomic E-state index is 11.6. The van der Waals surface area contributed by atoms with E-state index in [0.717, 1.165) is 16.6 Å². The van der Waals surface area contributed by atoms with Gasteiger partial charge >= 0.3 is 5.97 Å². The Kier molecular flexibility index (Phi) is 2.34. The lowest BCUT2D eigenvalue weighted by atomic mass is 10.1. The minimum atomic E-state index is -0.353. The fourth-order valence-corrected chi connectivity index (χ4v) is 1.91. The first kappa shape index (κ1) is 10.5. The molecule has 1 N–H and O–H groups in total. The van der Waals surface area contributed by atoms with Crippen molar-refractivity contribution in [2.45, 2.75) is 6.92 Å². The molecule has 4 heteroatoms. The number of benzene rings is 1. The van der Waals surface area contributed by atoms with E-state index in [1.54, 1.807) is 18.2 Å². The van der Waals surface area contributed by atoms with E-state index in [2.05, 4.69) is 0 Å². The number of hydrogen-bond donors (Lipinski definition) is 1. The second-order valence-electron chi connectivity index (χ2n) is 3.71. The first-order valence-corrected chi connectivity index (χ1v) is 4.92. The molecular formula is C12H13NO3. The Bertz CT molecular complexity index is 569. The zero-order chi connectivity index (χ0) is 11.9. The van der Waals surface area contributed by atoms with Gasteiger partial charge in [-0.25, -0.2) is 4.79 Å². The molecule has 0 unspecified atom stereocenters. The number of aryl methyl sites for hydroxylation is 1. The van der Waals surface area contributed by atoms with Gasteiger partial charge in [-0.05, 0) is 19.1 Å². The van der Waals surface area contributed by atoms with Crippen LogP contribution in [0.2, 0.25) is 0 Å². The Hall–Kier alpha value is -1.97. The molecule has 16 heavy (non-hydrogen) atoms. The van der Waals surface area contributed by atoms with Crippen LogP contribution in [0.1, 0.15) is 16.1 Å². The maximum absolute atomic E-state index is 11.6. The highest BCUT2D eigenvalue weighted by atomic mass is 16.5. The third kappa shape index (κ3) is 1.34. The molecule has 2 aromatic rings. The van der Waals surface area contributed by atoms with E-state index in [9.17, 15) is 9.90 Å². The van der Waals surface area contributed by atoms with Crippen molar-refractivity contribution in [3.63, 3.8) is 0 Å². The predicted octanol–water partition coefficient (Wildman–Crippen LogP) is 1.98. The highest BCUT2D eigenvalue weighted by Gasteiger charge is 2.18. The largest absolute Gasteiger partial charge is 0.508 e. The summed E-state index contributed by atoms with van der Waals surface area (Å²) in [7, 11) is 3.21. The van der Waals surface area contributed by atoms with Crippen molar-refractivity contribution in [3.8, 4) is 5.75 Å². The summed E-state index contributed by atoms with van der Waals surface area (Å²) < 4.78 is 6.62. The van der Waals surface area contributed by atoms with Crippen molar-refractivity contribution in [1.29, 1.82) is 0 Å². The van der Waals surface area contributed by atoms with Crippen LogP contribution in [0.4, 0.5) is 0 Å². The average Bonchev–Trinajstić information content (AvgIpc) is 2.52. The summed E-state index contributed by atoms with van der Waals surface area (Å²) in [4.78, 5) is 11.6. The van der Waals surface area contributed by atoms with Crippen molar-refractivity contribution in [2.75, 3.05) is 7.11 Å². The van der Waals surface area contributed by atoms with Crippen LogP contribution in [0, 0.1) is 6.92 Å². The topological polar surface area (TPSA) is 51.5 Å². The summed E-state index contributed by atoms with van der Waals surface area (Å²) in [5.74, 6) is -0.168. The molecule has 0 amide bonds. The van der Waals surface area contributed by atoms with Gasteiger partial charge in [-0.3, -0.25) is 0 Å². The van der Waals surface area contributed by atoms with Crippen molar-refractivity contribution < 1.29 is 14.6 Å². The lowest BCUT2D eigenvalue weighted by molar-refractivity contribution is 0.0602. The molecular weight excluding hydrogens is 206 g/mol. The van der Waals surface area contributed by atoms with Crippen LogP contribution in [0.25, 0.3) is 10.9 Å². The fraction of sp³-hybridized carbons (Fsp3) is 0.250. The zero-order valence-corrected chi connectivity index (χ0v) is 9.44. The van der Waals surface area contributed by atoms with Gasteiger partial charge in [-0.2, -0.15) is 0 Å². The van der Waals surface area contributed by atoms with Gasteiger partial charge in [0.15, 0.2) is 0 Å². The molecule has 2 rings (SSSR count). The van der Waals surface area contributed by atoms with E-state index in [-0.39, 0.29) is 11.7 Å². The molecule has 0 radical (unpaired) electrons. The van der Waals surface area contributed by atoms with Crippen LogP contribution in [-0.2, 0) is 11.8 Å². The van der Waals surface area contributed by atoms with E-state index in [0.29, 0.717) is 5.56 Å². The predicted molar refractivity (Wildman–Crippen MR) is 60.7 cm³/mol. The molecule has 84 valence electrons. The Morgan fingerprint density at radius 3 is 2.75 bits per heavy atom. The van der Waals surface area contributed by atoms with Crippen LogP contribution in [0.3, 0.4) is 0 Å². The van der Waals surface area contributed by atoms with Gasteiger partial charge in [-0.1, -0.05) is 0 Å². The van der Waals surface area contributed by atoms with E-state index in [1.165, 1.54) is 7.11 Å². The number of rotatable bonds is 1. The number of nitrogens with zero attached hydrogens (tertiary/aromatic N) is 1. The highest BCUT2D eigenvalue weighted by molar-refractivity contribution is 6.06. The standard InChI is InChI=1S/C12H13NO3/c1-7-11(12(15)16-3)9-5-4-8(14)6-10(9)13(7)2/h4-6,14H,1-3H3. The first-order chi connectivity index (χ1) is 7.56. The minimum Gasteiger partial charge on any atom is -0.508 e. The van der Waals surface area contributed by atoms with Gasteiger partial charge in [0, 0.05) is 24.2 Å². The lowest BCUT2D eigenvalue weighted by Gasteiger charge is -1.99. The van der Waals surface area contributed by atoms with Crippen LogP contribution in [0.5, 0.6) is 5.75 Å². The third-order valence-electron chi connectivity index (χ3n) is 2.87. The Balaban J connectivity index is 2.84. The van der Waals surface area contributed by atoms with Crippen molar-refractivity contribution in [3.05, 3.63) is 29.5 Å². The summed E-state index contributed by atoms with van der Waals surface area (Å²) >= 11 is 0. The summed E-state index contributed by atoms with van der Waals surface area (Å²) in [6, 6.07) is 4.92. The molecule has 0 saturated heterocycles. The smallest absolute Gasteiger partial charge is 0.340 e. The maximum Gasteiger partial charge on any atom is 0.340 e. The van der Waals surface area contributed by atoms with E-state index in [1.807, 2.05) is 18.5 Å². The van der Waals surface area contributed by atoms with E-state index < -0.39 is 0 Å². The van der Waals surface area contributed by atoms with E-state index in [4.69, 9.17) is 4.74 Å². The van der Waals surface area contributed by atoms with Crippen molar-refractivity contribution in [2.24, 2.45) is 7.05 Å².